The SMILES string of the molecule is CC(C)(C)c1cc2c(O)c(c1)Cc1cc(C(C)(C)C)cc(c1OCCCNC(=O)c1cncc(Cl)n1)Cc1cc(C(C)(C)C)cc(c1O)Cc1cc(C(C)(C)C)cc(c1OCCCNC(=O)c1cncc(Cl)n1)C2. The Morgan fingerprint density at radius 3 is 1.00 bits per heavy atom. The number of nitrogens with one attached hydrogen (secondary N) is 2. The van der Waals surface area contributed by atoms with Crippen LogP contribution >= 0.6 is 23.2 Å². The molecule has 1 aliphatic rings. The summed E-state index contributed by atoms with van der Waals surface area (Å²) in [5, 5.41) is 31.5. The van der Waals surface area contributed by atoms with Crippen LogP contribution in [0.1, 0.15) is 184 Å². The molecule has 392 valence electrons. The number of halogens is 2. The van der Waals surface area contributed by atoms with Crippen LogP contribution in [0.2, 0.25) is 10.3 Å². The topological polar surface area (TPSA) is 169 Å². The minimum absolute atomic E-state index is 0.129. The smallest absolute Gasteiger partial charge is 0.271 e. The number of hydrogen-bond acceptors (Lipinski definition) is 10. The Bertz CT molecular complexity index is 2750. The highest BCUT2D eigenvalue weighted by molar-refractivity contribution is 6.29. The second-order valence-corrected chi connectivity index (χ2v) is 24.4. The molecule has 0 radical (unpaired) electrons. The Morgan fingerprint density at radius 1 is 0.473 bits per heavy atom. The van der Waals surface area contributed by atoms with E-state index in [9.17, 15) is 19.8 Å². The average molecular weight is 1040 g/mol. The van der Waals surface area contributed by atoms with Crippen LogP contribution in [0.15, 0.2) is 73.3 Å². The fourth-order valence-electron chi connectivity index (χ4n) is 9.00. The molecule has 0 saturated carbocycles. The van der Waals surface area contributed by atoms with Gasteiger partial charge in [-0.25, -0.2) is 9.97 Å². The van der Waals surface area contributed by atoms with Gasteiger partial charge in [-0.3, -0.25) is 19.6 Å². The zero-order valence-electron chi connectivity index (χ0n) is 45.1. The van der Waals surface area contributed by atoms with Gasteiger partial charge < -0.3 is 30.3 Å². The number of aromatic hydroxyl groups is 2. The van der Waals surface area contributed by atoms with Crippen molar-refractivity contribution in [3.63, 3.8) is 0 Å². The van der Waals surface area contributed by atoms with Gasteiger partial charge >= 0.3 is 0 Å². The van der Waals surface area contributed by atoms with Crippen molar-refractivity contribution in [2.24, 2.45) is 0 Å². The maximum absolute atomic E-state index is 13.0. The number of aromatic nitrogens is 4. The van der Waals surface area contributed by atoms with E-state index in [4.69, 9.17) is 32.7 Å². The van der Waals surface area contributed by atoms with Gasteiger partial charge in [0.05, 0.1) is 38.0 Å². The summed E-state index contributed by atoms with van der Waals surface area (Å²) in [5.74, 6) is 0.978. The highest BCUT2D eigenvalue weighted by Crippen LogP contribution is 2.44. The first kappa shape index (κ1) is 55.5. The first-order valence-electron chi connectivity index (χ1n) is 25.5. The van der Waals surface area contributed by atoms with E-state index in [-0.39, 0.29) is 79.9 Å². The van der Waals surface area contributed by atoms with Crippen LogP contribution in [0.5, 0.6) is 23.0 Å². The molecule has 0 aliphatic heterocycles. The number of hydrogen-bond donors (Lipinski definition) is 4. The van der Waals surface area contributed by atoms with E-state index >= 15 is 0 Å². The third kappa shape index (κ3) is 13.7. The molecule has 74 heavy (non-hydrogen) atoms. The van der Waals surface area contributed by atoms with E-state index in [1.165, 1.54) is 24.8 Å². The lowest BCUT2D eigenvalue weighted by molar-refractivity contribution is 0.0938. The molecule has 0 saturated heterocycles. The molecule has 1 aliphatic carbocycles. The van der Waals surface area contributed by atoms with Crippen molar-refractivity contribution in [1.29, 1.82) is 0 Å². The van der Waals surface area contributed by atoms with Crippen LogP contribution in [0.25, 0.3) is 0 Å². The number of fused-ring (bicyclic) bond motifs is 8. The Balaban J connectivity index is 1.37. The Hall–Kier alpha value is -6.24. The first-order valence-corrected chi connectivity index (χ1v) is 26.2. The highest BCUT2D eigenvalue weighted by Gasteiger charge is 2.29. The molecule has 2 heterocycles. The van der Waals surface area contributed by atoms with Crippen LogP contribution in [-0.4, -0.2) is 68.3 Å². The normalized spacial score (nSPS) is 13.1. The maximum atomic E-state index is 13.0. The lowest BCUT2D eigenvalue weighted by Gasteiger charge is -2.28. The van der Waals surface area contributed by atoms with Crippen LogP contribution < -0.4 is 20.1 Å². The molecule has 0 fully saturated rings. The number of nitrogens with zero attached hydrogens (tertiary/aromatic N) is 4. The van der Waals surface area contributed by atoms with Gasteiger partial charge in [0.1, 0.15) is 44.7 Å². The molecule has 4 aromatic carbocycles. The summed E-state index contributed by atoms with van der Waals surface area (Å²) in [5.41, 5.74) is 10.1. The van der Waals surface area contributed by atoms with Crippen LogP contribution in [0.3, 0.4) is 0 Å². The molecule has 2 aromatic heterocycles. The van der Waals surface area contributed by atoms with E-state index in [1.54, 1.807) is 0 Å². The van der Waals surface area contributed by atoms with Gasteiger partial charge in [0.25, 0.3) is 11.8 Å². The van der Waals surface area contributed by atoms with Crippen LogP contribution in [-0.2, 0) is 47.3 Å². The standard InChI is InChI=1S/C60H72Cl2N6O6/c1-57(2,3)43-23-35-19-39-27-45(59(7,8)9)29-41(53(39)73-17-13-15-65-55(71)47-31-63-33-49(61)67-47)21-37-25-44(58(4,5)6)26-38(52(37)70)22-42-30-46(60(10,11)12)28-40(20-36(24-43)51(35)69)54(42)74-18-14-16-66-56(72)48-32-64-34-50(62)68-48/h23-34,69-70H,13-22H2,1-12H3,(H,65,71)(H,66,72). The van der Waals surface area contributed by atoms with Gasteiger partial charge in [0.15, 0.2) is 0 Å². The van der Waals surface area contributed by atoms with E-state index in [1.807, 2.05) is 0 Å². The zero-order valence-corrected chi connectivity index (χ0v) is 46.6. The predicted molar refractivity (Wildman–Crippen MR) is 294 cm³/mol. The summed E-state index contributed by atoms with van der Waals surface area (Å²) in [7, 11) is 0. The minimum atomic E-state index is -0.384. The number of ether oxygens (including phenoxy) is 2. The second-order valence-electron chi connectivity index (χ2n) is 23.6. The number of phenolic OH excluding ortho intramolecular Hbond substituents is 2. The minimum Gasteiger partial charge on any atom is -0.507 e. The lowest BCUT2D eigenvalue weighted by Crippen LogP contribution is -2.26. The molecular formula is C60H72Cl2N6O6. The van der Waals surface area contributed by atoms with E-state index in [0.29, 0.717) is 63.1 Å². The van der Waals surface area contributed by atoms with Gasteiger partial charge in [-0.05, 0) is 101 Å². The summed E-state index contributed by atoms with van der Waals surface area (Å²) in [6, 6.07) is 17.2. The Labute approximate surface area is 447 Å². The van der Waals surface area contributed by atoms with Gasteiger partial charge in [0.2, 0.25) is 0 Å². The van der Waals surface area contributed by atoms with E-state index < -0.39 is 0 Å². The molecular weight excluding hydrogens is 972 g/mol. The van der Waals surface area contributed by atoms with Gasteiger partial charge in [-0.2, -0.15) is 0 Å². The Morgan fingerprint density at radius 2 is 0.743 bits per heavy atom. The summed E-state index contributed by atoms with van der Waals surface area (Å²) >= 11 is 12.0. The van der Waals surface area contributed by atoms with Crippen molar-refractivity contribution in [3.05, 3.63) is 162 Å². The summed E-state index contributed by atoms with van der Waals surface area (Å²) in [6.45, 7) is 27.4. The Kier molecular flexibility index (Phi) is 16.7. The summed E-state index contributed by atoms with van der Waals surface area (Å²) in [4.78, 5) is 42.1. The van der Waals surface area contributed by atoms with Crippen molar-refractivity contribution in [2.45, 2.75) is 143 Å². The molecule has 0 spiro atoms. The highest BCUT2D eigenvalue weighted by atomic mass is 35.5. The lowest BCUT2D eigenvalue weighted by atomic mass is 9.79. The molecule has 7 rings (SSSR count). The number of carbonyl (C=O) groups is 2. The fraction of sp³-hybridized carbons (Fsp3) is 0.433. The second kappa shape index (κ2) is 22.3. The summed E-state index contributed by atoms with van der Waals surface area (Å²) in [6.07, 6.45) is 7.87. The van der Waals surface area contributed by atoms with Crippen molar-refractivity contribution >= 4 is 35.0 Å². The number of benzene rings is 4. The largest absolute Gasteiger partial charge is 0.507 e. The summed E-state index contributed by atoms with van der Waals surface area (Å²) < 4.78 is 13.8. The zero-order chi connectivity index (χ0) is 53.9. The fourth-order valence-corrected chi connectivity index (χ4v) is 9.29. The van der Waals surface area contributed by atoms with Crippen LogP contribution in [0, 0.1) is 0 Å². The molecule has 14 heteroatoms. The first-order chi connectivity index (χ1) is 34.6. The number of rotatable bonds is 12. The van der Waals surface area contributed by atoms with E-state index in [2.05, 4.69) is 162 Å². The quantitative estimate of drug-likeness (QED) is 0.0864. The molecule has 8 bridgehead atoms. The van der Waals surface area contributed by atoms with Crippen molar-refractivity contribution in [1.82, 2.24) is 30.6 Å². The monoisotopic (exact) mass is 1040 g/mol. The van der Waals surface area contributed by atoms with Gasteiger partial charge in [-0.1, -0.05) is 155 Å². The molecule has 0 atom stereocenters. The number of amides is 2. The van der Waals surface area contributed by atoms with Gasteiger partial charge in [-0.15, -0.1) is 0 Å². The average Bonchev–Trinajstić information content (AvgIpc) is 3.30. The molecule has 2 amide bonds. The molecule has 0 unspecified atom stereocenters. The molecule has 12 nitrogen and oxygen atoms in total. The molecule has 6 aromatic rings. The van der Waals surface area contributed by atoms with Crippen molar-refractivity contribution in [2.75, 3.05) is 26.3 Å². The van der Waals surface area contributed by atoms with Crippen LogP contribution in [0.4, 0.5) is 0 Å². The molecule has 4 N–H and O–H groups in total. The number of phenols is 2. The third-order valence-electron chi connectivity index (χ3n) is 13.4. The van der Waals surface area contributed by atoms with Gasteiger partial charge in [0, 0.05) is 38.8 Å². The maximum Gasteiger partial charge on any atom is 0.271 e. The van der Waals surface area contributed by atoms with Crippen molar-refractivity contribution < 1.29 is 29.3 Å². The number of carbonyl (C=O) groups excluding carboxylic acids is 2. The van der Waals surface area contributed by atoms with E-state index in [0.717, 1.165) is 66.8 Å². The van der Waals surface area contributed by atoms with Crippen molar-refractivity contribution in [3.8, 4) is 23.0 Å². The third-order valence-corrected chi connectivity index (χ3v) is 13.8. The predicted octanol–water partition coefficient (Wildman–Crippen LogP) is 12.2.